The first-order chi connectivity index (χ1) is 11.9. The Morgan fingerprint density at radius 2 is 1.80 bits per heavy atom. The minimum atomic E-state index is -1.03. The molecule has 0 aromatic heterocycles. The van der Waals surface area contributed by atoms with E-state index in [4.69, 9.17) is 9.84 Å². The predicted octanol–water partition coefficient (Wildman–Crippen LogP) is 3.28. The second-order valence-electron chi connectivity index (χ2n) is 6.46. The van der Waals surface area contributed by atoms with Crippen LogP contribution in [-0.2, 0) is 11.2 Å². The van der Waals surface area contributed by atoms with E-state index in [1.165, 1.54) is 11.1 Å². The number of carbonyl (C=O) groups excluding carboxylic acids is 1. The van der Waals surface area contributed by atoms with Gasteiger partial charge < -0.3 is 14.7 Å². The molecule has 25 heavy (non-hydrogen) atoms. The number of nitrogens with zero attached hydrogens (tertiary/aromatic N) is 1. The zero-order valence-corrected chi connectivity index (χ0v) is 14.6. The smallest absolute Gasteiger partial charge is 0.341 e. The molecule has 5 nitrogen and oxygen atoms in total. The minimum Gasteiger partial charge on any atom is -0.481 e. The third-order valence-electron chi connectivity index (χ3n) is 4.42. The minimum absolute atomic E-state index is 0.0430. The molecule has 0 spiro atoms. The molecule has 2 aromatic rings. The average Bonchev–Trinajstić information content (AvgIpc) is 2.95. The van der Waals surface area contributed by atoms with Crippen molar-refractivity contribution in [2.75, 3.05) is 18.1 Å². The molecule has 0 radical (unpaired) electrons. The molecule has 1 heterocycles. The normalized spacial score (nSPS) is 12.8. The number of ether oxygens (including phenoxy) is 1. The molecule has 0 aliphatic carbocycles. The summed E-state index contributed by atoms with van der Waals surface area (Å²) in [6, 6.07) is 9.67. The molecule has 0 unspecified atom stereocenters. The van der Waals surface area contributed by atoms with E-state index >= 15 is 0 Å². The van der Waals surface area contributed by atoms with E-state index in [1.54, 1.807) is 17.0 Å². The molecule has 130 valence electrons. The van der Waals surface area contributed by atoms with Crippen molar-refractivity contribution in [3.8, 4) is 5.75 Å². The van der Waals surface area contributed by atoms with Crippen molar-refractivity contribution in [3.05, 3.63) is 58.1 Å². The number of carboxylic acids is 1. The Labute approximate surface area is 146 Å². The third kappa shape index (κ3) is 3.36. The Kier molecular flexibility index (Phi) is 4.49. The monoisotopic (exact) mass is 339 g/mol. The van der Waals surface area contributed by atoms with Gasteiger partial charge in [0.2, 0.25) is 0 Å². The summed E-state index contributed by atoms with van der Waals surface area (Å²) in [7, 11) is 0. The van der Waals surface area contributed by atoms with E-state index < -0.39 is 12.6 Å². The molecule has 1 N–H and O–H groups in total. The van der Waals surface area contributed by atoms with E-state index in [-0.39, 0.29) is 5.91 Å². The van der Waals surface area contributed by atoms with Crippen LogP contribution in [0.3, 0.4) is 0 Å². The topological polar surface area (TPSA) is 66.8 Å². The molecule has 5 heteroatoms. The number of benzene rings is 2. The highest BCUT2D eigenvalue weighted by molar-refractivity contribution is 6.07. The van der Waals surface area contributed by atoms with Crippen molar-refractivity contribution in [3.63, 3.8) is 0 Å². The van der Waals surface area contributed by atoms with Crippen LogP contribution >= 0.6 is 0 Å². The molecule has 0 bridgehead atoms. The van der Waals surface area contributed by atoms with Crippen LogP contribution in [0.15, 0.2) is 30.3 Å². The standard InChI is InChI=1S/C20H21NO4/c1-12-4-5-17-15(8-12)6-7-21(17)20(24)16-9-13(2)19(14(3)10-16)25-11-18(22)23/h4-5,8-10H,6-7,11H2,1-3H3,(H,22,23). The fraction of sp³-hybridized carbons (Fsp3) is 0.300. The van der Waals surface area contributed by atoms with E-state index in [2.05, 4.69) is 6.07 Å². The lowest BCUT2D eigenvalue weighted by molar-refractivity contribution is -0.139. The van der Waals surface area contributed by atoms with Gasteiger partial charge in [0.05, 0.1) is 0 Å². The third-order valence-corrected chi connectivity index (χ3v) is 4.42. The highest BCUT2D eigenvalue weighted by atomic mass is 16.5. The fourth-order valence-electron chi connectivity index (χ4n) is 3.33. The summed E-state index contributed by atoms with van der Waals surface area (Å²) in [6.45, 7) is 5.97. The number of aryl methyl sites for hydroxylation is 3. The van der Waals surface area contributed by atoms with Gasteiger partial charge >= 0.3 is 5.97 Å². The van der Waals surface area contributed by atoms with Crippen LogP contribution in [-0.4, -0.2) is 30.1 Å². The molecule has 0 saturated heterocycles. The molecule has 1 aliphatic rings. The molecular formula is C20H21NO4. The predicted molar refractivity (Wildman–Crippen MR) is 95.6 cm³/mol. The van der Waals surface area contributed by atoms with Crippen LogP contribution in [0.4, 0.5) is 5.69 Å². The van der Waals surface area contributed by atoms with Gasteiger partial charge in [-0.25, -0.2) is 4.79 Å². The molecule has 1 amide bonds. The number of carbonyl (C=O) groups is 2. The Morgan fingerprint density at radius 3 is 2.44 bits per heavy atom. The van der Waals surface area contributed by atoms with Crippen LogP contribution in [0.5, 0.6) is 5.75 Å². The lowest BCUT2D eigenvalue weighted by Crippen LogP contribution is -2.29. The van der Waals surface area contributed by atoms with E-state index in [9.17, 15) is 9.59 Å². The fourth-order valence-corrected chi connectivity index (χ4v) is 3.33. The van der Waals surface area contributed by atoms with Crippen LogP contribution in [0, 0.1) is 20.8 Å². The first-order valence-corrected chi connectivity index (χ1v) is 8.24. The van der Waals surface area contributed by atoms with Gasteiger partial charge in [0.1, 0.15) is 5.75 Å². The summed E-state index contributed by atoms with van der Waals surface area (Å²) in [6.07, 6.45) is 0.862. The van der Waals surface area contributed by atoms with Crippen LogP contribution in [0.1, 0.15) is 32.6 Å². The maximum absolute atomic E-state index is 13.0. The van der Waals surface area contributed by atoms with Crippen molar-refractivity contribution in [2.45, 2.75) is 27.2 Å². The van der Waals surface area contributed by atoms with Crippen molar-refractivity contribution in [1.29, 1.82) is 0 Å². The summed E-state index contributed by atoms with van der Waals surface area (Å²) < 4.78 is 5.33. The highest BCUT2D eigenvalue weighted by Crippen LogP contribution is 2.31. The number of carboxylic acid groups (broad SMARTS) is 1. The van der Waals surface area contributed by atoms with E-state index in [0.717, 1.165) is 23.2 Å². The highest BCUT2D eigenvalue weighted by Gasteiger charge is 2.26. The summed E-state index contributed by atoms with van der Waals surface area (Å²) in [5.74, 6) is -0.544. The number of aliphatic carboxylic acids is 1. The number of hydrogen-bond donors (Lipinski definition) is 1. The van der Waals surface area contributed by atoms with Gasteiger partial charge in [0, 0.05) is 17.8 Å². The maximum Gasteiger partial charge on any atom is 0.341 e. The summed E-state index contributed by atoms with van der Waals surface area (Å²) in [4.78, 5) is 25.5. The summed E-state index contributed by atoms with van der Waals surface area (Å²) >= 11 is 0. The first kappa shape index (κ1) is 17.0. The molecule has 3 rings (SSSR count). The summed E-state index contributed by atoms with van der Waals surface area (Å²) in [5.41, 5.74) is 5.46. The molecule has 0 atom stereocenters. The second-order valence-corrected chi connectivity index (χ2v) is 6.46. The van der Waals surface area contributed by atoms with Crippen LogP contribution in [0.2, 0.25) is 0 Å². The van der Waals surface area contributed by atoms with Gasteiger partial charge in [-0.05, 0) is 62.1 Å². The van der Waals surface area contributed by atoms with Crippen LogP contribution < -0.4 is 9.64 Å². The Morgan fingerprint density at radius 1 is 1.12 bits per heavy atom. The van der Waals surface area contributed by atoms with Crippen molar-refractivity contribution < 1.29 is 19.4 Å². The lowest BCUT2D eigenvalue weighted by atomic mass is 10.0. The quantitative estimate of drug-likeness (QED) is 0.928. The van der Waals surface area contributed by atoms with Crippen molar-refractivity contribution in [2.24, 2.45) is 0 Å². The van der Waals surface area contributed by atoms with E-state index in [1.807, 2.05) is 32.9 Å². The van der Waals surface area contributed by atoms with Crippen molar-refractivity contribution in [1.82, 2.24) is 0 Å². The number of rotatable bonds is 4. The molecule has 1 aliphatic heterocycles. The molecule has 0 saturated carbocycles. The van der Waals surface area contributed by atoms with Gasteiger partial charge in [0.25, 0.3) is 5.91 Å². The molecule has 2 aromatic carbocycles. The van der Waals surface area contributed by atoms with Gasteiger partial charge in [0.15, 0.2) is 6.61 Å². The molecule has 0 fully saturated rings. The summed E-state index contributed by atoms with van der Waals surface area (Å²) in [5, 5.41) is 8.77. The Balaban J connectivity index is 1.88. The average molecular weight is 339 g/mol. The van der Waals surface area contributed by atoms with Gasteiger partial charge in [-0.3, -0.25) is 4.79 Å². The lowest BCUT2D eigenvalue weighted by Gasteiger charge is -2.19. The number of anilines is 1. The Bertz CT molecular complexity index is 834. The molecular weight excluding hydrogens is 318 g/mol. The van der Waals surface area contributed by atoms with Crippen LogP contribution in [0.25, 0.3) is 0 Å². The number of amides is 1. The largest absolute Gasteiger partial charge is 0.481 e. The van der Waals surface area contributed by atoms with Gasteiger partial charge in [-0.2, -0.15) is 0 Å². The second kappa shape index (κ2) is 6.59. The first-order valence-electron chi connectivity index (χ1n) is 8.24. The zero-order chi connectivity index (χ0) is 18.1. The van der Waals surface area contributed by atoms with Gasteiger partial charge in [-0.15, -0.1) is 0 Å². The number of fused-ring (bicyclic) bond motifs is 1. The number of hydrogen-bond acceptors (Lipinski definition) is 3. The van der Waals surface area contributed by atoms with E-state index in [0.29, 0.717) is 17.9 Å². The van der Waals surface area contributed by atoms with Crippen molar-refractivity contribution >= 4 is 17.6 Å². The Hall–Kier alpha value is -2.82. The van der Waals surface area contributed by atoms with Gasteiger partial charge in [-0.1, -0.05) is 17.7 Å². The maximum atomic E-state index is 13.0. The zero-order valence-electron chi connectivity index (χ0n) is 14.6. The SMILES string of the molecule is Cc1ccc2c(c1)CCN2C(=O)c1cc(C)c(OCC(=O)O)c(C)c1.